The molecule has 1 atom stereocenters. The second-order valence-electron chi connectivity index (χ2n) is 6.68. The van der Waals surface area contributed by atoms with Gasteiger partial charge in [-0.1, -0.05) is 17.7 Å². The first-order valence-electron chi connectivity index (χ1n) is 7.82. The van der Waals surface area contributed by atoms with Gasteiger partial charge in [0.05, 0.1) is 0 Å². The molecule has 0 bridgehead atoms. The predicted octanol–water partition coefficient (Wildman–Crippen LogP) is 4.07. The number of ether oxygens (including phenoxy) is 1. The van der Waals surface area contributed by atoms with Crippen LogP contribution in [-0.2, 0) is 9.53 Å². The molecule has 1 heterocycles. The molecule has 1 aromatic carbocycles. The minimum atomic E-state index is -0.581. The number of nitrogens with one attached hydrogen (secondary N) is 1. The Morgan fingerprint density at radius 3 is 2.70 bits per heavy atom. The minimum Gasteiger partial charge on any atom is -0.444 e. The van der Waals surface area contributed by atoms with Gasteiger partial charge in [-0.3, -0.25) is 9.69 Å². The molecule has 23 heavy (non-hydrogen) atoms. The third-order valence-corrected chi connectivity index (χ3v) is 3.76. The van der Waals surface area contributed by atoms with Crippen LogP contribution in [0.4, 0.5) is 10.5 Å². The SMILES string of the molecule is CC(C)(C)OC(=O)N1CCCCC1C(=O)Nc1cccc(Cl)c1. The van der Waals surface area contributed by atoms with Gasteiger partial charge >= 0.3 is 6.09 Å². The molecule has 0 saturated carbocycles. The Bertz CT molecular complexity index is 583. The molecule has 1 fully saturated rings. The maximum atomic E-state index is 12.6. The first-order chi connectivity index (χ1) is 10.8. The highest BCUT2D eigenvalue weighted by atomic mass is 35.5. The summed E-state index contributed by atoms with van der Waals surface area (Å²) in [6, 6.07) is 6.44. The fraction of sp³-hybridized carbons (Fsp3) is 0.529. The Hall–Kier alpha value is -1.75. The Kier molecular flexibility index (Phi) is 5.52. The standard InChI is InChI=1S/C17H23ClN2O3/c1-17(2,3)23-16(22)20-10-5-4-9-14(20)15(21)19-13-8-6-7-12(18)11-13/h6-8,11,14H,4-5,9-10H2,1-3H3,(H,19,21). The lowest BCUT2D eigenvalue weighted by molar-refractivity contribution is -0.122. The van der Waals surface area contributed by atoms with E-state index in [4.69, 9.17) is 16.3 Å². The Balaban J connectivity index is 2.08. The number of halogens is 1. The fourth-order valence-corrected chi connectivity index (χ4v) is 2.73. The molecule has 2 amide bonds. The molecule has 0 aliphatic carbocycles. The van der Waals surface area contributed by atoms with Crippen LogP contribution in [0.2, 0.25) is 5.02 Å². The molecule has 1 saturated heterocycles. The van der Waals surface area contributed by atoms with E-state index in [1.54, 1.807) is 24.3 Å². The molecule has 5 nitrogen and oxygen atoms in total. The van der Waals surface area contributed by atoms with Gasteiger partial charge in [0.15, 0.2) is 0 Å². The molecule has 6 heteroatoms. The molecular formula is C17H23ClN2O3. The maximum Gasteiger partial charge on any atom is 0.410 e. The average molecular weight is 339 g/mol. The number of benzene rings is 1. The summed E-state index contributed by atoms with van der Waals surface area (Å²) in [5, 5.41) is 3.38. The van der Waals surface area contributed by atoms with Gasteiger partial charge in [-0.05, 0) is 58.2 Å². The van der Waals surface area contributed by atoms with Crippen LogP contribution >= 0.6 is 11.6 Å². The lowest BCUT2D eigenvalue weighted by Crippen LogP contribution is -2.51. The normalized spacial score (nSPS) is 18.4. The van der Waals surface area contributed by atoms with Crippen molar-refractivity contribution >= 4 is 29.3 Å². The van der Waals surface area contributed by atoms with Crippen LogP contribution in [0.25, 0.3) is 0 Å². The molecule has 1 aromatic rings. The van der Waals surface area contributed by atoms with Crippen molar-refractivity contribution in [2.75, 3.05) is 11.9 Å². The lowest BCUT2D eigenvalue weighted by Gasteiger charge is -2.35. The first-order valence-corrected chi connectivity index (χ1v) is 8.20. The number of nitrogens with zero attached hydrogens (tertiary/aromatic N) is 1. The average Bonchev–Trinajstić information content (AvgIpc) is 2.45. The van der Waals surface area contributed by atoms with Gasteiger partial charge in [0.1, 0.15) is 11.6 Å². The summed E-state index contributed by atoms with van der Waals surface area (Å²) in [6.07, 6.45) is 1.97. The van der Waals surface area contributed by atoms with Crippen LogP contribution in [0.5, 0.6) is 0 Å². The summed E-state index contributed by atoms with van der Waals surface area (Å²) in [5.41, 5.74) is 0.0416. The van der Waals surface area contributed by atoms with Gasteiger partial charge in [0.25, 0.3) is 0 Å². The largest absolute Gasteiger partial charge is 0.444 e. The van der Waals surface area contributed by atoms with Crippen molar-refractivity contribution in [2.45, 2.75) is 51.7 Å². The third kappa shape index (κ3) is 5.13. The molecule has 1 unspecified atom stereocenters. The van der Waals surface area contributed by atoms with Crippen LogP contribution in [-0.4, -0.2) is 35.1 Å². The summed E-state index contributed by atoms with van der Waals surface area (Å²) >= 11 is 5.93. The minimum absolute atomic E-state index is 0.210. The van der Waals surface area contributed by atoms with Crippen molar-refractivity contribution in [1.82, 2.24) is 4.90 Å². The maximum absolute atomic E-state index is 12.6. The number of hydrogen-bond donors (Lipinski definition) is 1. The van der Waals surface area contributed by atoms with Gasteiger partial charge < -0.3 is 10.1 Å². The van der Waals surface area contributed by atoms with E-state index in [1.807, 2.05) is 20.8 Å². The Labute approximate surface area is 141 Å². The van der Waals surface area contributed by atoms with Gasteiger partial charge in [0, 0.05) is 17.3 Å². The van der Waals surface area contributed by atoms with Crippen molar-refractivity contribution in [3.63, 3.8) is 0 Å². The first kappa shape index (κ1) is 17.6. The highest BCUT2D eigenvalue weighted by Gasteiger charge is 2.34. The van der Waals surface area contributed by atoms with Crippen LogP contribution in [0, 0.1) is 0 Å². The number of hydrogen-bond acceptors (Lipinski definition) is 3. The van der Waals surface area contributed by atoms with Crippen LogP contribution in [0.3, 0.4) is 0 Å². The van der Waals surface area contributed by atoms with E-state index in [-0.39, 0.29) is 5.91 Å². The highest BCUT2D eigenvalue weighted by Crippen LogP contribution is 2.22. The summed E-state index contributed by atoms with van der Waals surface area (Å²) < 4.78 is 5.41. The molecular weight excluding hydrogens is 316 g/mol. The number of anilines is 1. The van der Waals surface area contributed by atoms with E-state index in [0.717, 1.165) is 12.8 Å². The van der Waals surface area contributed by atoms with E-state index in [0.29, 0.717) is 23.7 Å². The van der Waals surface area contributed by atoms with E-state index >= 15 is 0 Å². The number of piperidine rings is 1. The molecule has 126 valence electrons. The van der Waals surface area contributed by atoms with E-state index in [1.165, 1.54) is 4.90 Å². The monoisotopic (exact) mass is 338 g/mol. The molecule has 0 aromatic heterocycles. The van der Waals surface area contributed by atoms with Crippen molar-refractivity contribution < 1.29 is 14.3 Å². The summed E-state index contributed by atoms with van der Waals surface area (Å²) in [6.45, 7) is 5.98. The topological polar surface area (TPSA) is 58.6 Å². The van der Waals surface area contributed by atoms with Gasteiger partial charge in [-0.2, -0.15) is 0 Å². The fourth-order valence-electron chi connectivity index (χ4n) is 2.54. The van der Waals surface area contributed by atoms with Crippen LogP contribution < -0.4 is 5.32 Å². The van der Waals surface area contributed by atoms with Crippen LogP contribution in [0.1, 0.15) is 40.0 Å². The lowest BCUT2D eigenvalue weighted by atomic mass is 10.0. The van der Waals surface area contributed by atoms with E-state index < -0.39 is 17.7 Å². The van der Waals surface area contributed by atoms with Crippen LogP contribution in [0.15, 0.2) is 24.3 Å². The quantitative estimate of drug-likeness (QED) is 0.884. The number of amides is 2. The molecule has 1 N–H and O–H groups in total. The highest BCUT2D eigenvalue weighted by molar-refractivity contribution is 6.30. The number of carbonyl (C=O) groups excluding carboxylic acids is 2. The molecule has 0 radical (unpaired) electrons. The summed E-state index contributed by atoms with van der Waals surface area (Å²) in [5.74, 6) is -0.210. The molecule has 1 aliphatic heterocycles. The zero-order valence-corrected chi connectivity index (χ0v) is 14.5. The van der Waals surface area contributed by atoms with Gasteiger partial charge in [0.2, 0.25) is 5.91 Å². The summed E-state index contributed by atoms with van der Waals surface area (Å²) in [7, 11) is 0. The molecule has 2 rings (SSSR count). The second-order valence-corrected chi connectivity index (χ2v) is 7.12. The second kappa shape index (κ2) is 7.21. The Morgan fingerprint density at radius 2 is 2.04 bits per heavy atom. The van der Waals surface area contributed by atoms with E-state index in [2.05, 4.69) is 5.32 Å². The number of rotatable bonds is 2. The zero-order valence-electron chi connectivity index (χ0n) is 13.8. The van der Waals surface area contributed by atoms with Crippen molar-refractivity contribution in [3.05, 3.63) is 29.3 Å². The van der Waals surface area contributed by atoms with Crippen molar-refractivity contribution in [3.8, 4) is 0 Å². The van der Waals surface area contributed by atoms with Gasteiger partial charge in [-0.15, -0.1) is 0 Å². The molecule has 0 spiro atoms. The van der Waals surface area contributed by atoms with Gasteiger partial charge in [-0.25, -0.2) is 4.79 Å². The summed E-state index contributed by atoms with van der Waals surface area (Å²) in [4.78, 5) is 26.4. The smallest absolute Gasteiger partial charge is 0.410 e. The Morgan fingerprint density at radius 1 is 1.30 bits per heavy atom. The molecule has 1 aliphatic rings. The number of carbonyl (C=O) groups is 2. The number of likely N-dealkylation sites (tertiary alicyclic amines) is 1. The van der Waals surface area contributed by atoms with Crippen molar-refractivity contribution in [2.24, 2.45) is 0 Å². The predicted molar refractivity (Wildman–Crippen MR) is 90.7 cm³/mol. The van der Waals surface area contributed by atoms with Crippen molar-refractivity contribution in [1.29, 1.82) is 0 Å². The third-order valence-electron chi connectivity index (χ3n) is 3.53. The van der Waals surface area contributed by atoms with E-state index in [9.17, 15) is 9.59 Å². The zero-order chi connectivity index (χ0) is 17.0.